The molecule has 0 spiro atoms. The van der Waals surface area contributed by atoms with E-state index < -0.39 is 0 Å². The average molecular weight is 363 g/mol. The van der Waals surface area contributed by atoms with Crippen molar-refractivity contribution in [2.75, 3.05) is 25.1 Å². The van der Waals surface area contributed by atoms with E-state index in [1.54, 1.807) is 23.9 Å². The number of nitrogens with zero attached hydrogens (tertiary/aromatic N) is 5. The molecule has 1 aromatic carbocycles. The lowest BCUT2D eigenvalue weighted by Crippen LogP contribution is -2.51. The van der Waals surface area contributed by atoms with E-state index in [0.29, 0.717) is 24.7 Å². The Bertz CT molecular complexity index is 1020. The first kappa shape index (κ1) is 17.2. The van der Waals surface area contributed by atoms with Gasteiger partial charge in [0.2, 0.25) is 5.95 Å². The van der Waals surface area contributed by atoms with Crippen LogP contribution in [0.2, 0.25) is 0 Å². The maximum absolute atomic E-state index is 12.4. The van der Waals surface area contributed by atoms with Gasteiger partial charge in [0.15, 0.2) is 0 Å². The molecule has 4 rings (SSSR count). The maximum atomic E-state index is 12.4. The number of ether oxygens (including phenoxy) is 1. The number of para-hydroxylation sites is 1. The molecule has 1 fully saturated rings. The Kier molecular flexibility index (Phi) is 4.35. The van der Waals surface area contributed by atoms with E-state index in [-0.39, 0.29) is 11.6 Å². The van der Waals surface area contributed by atoms with Crippen molar-refractivity contribution in [2.24, 2.45) is 0 Å². The fourth-order valence-electron chi connectivity index (χ4n) is 3.31. The summed E-state index contributed by atoms with van der Waals surface area (Å²) in [6.45, 7) is 5.23. The van der Waals surface area contributed by atoms with E-state index in [1.165, 1.54) is 0 Å². The fourth-order valence-corrected chi connectivity index (χ4v) is 3.31. The highest BCUT2D eigenvalue weighted by atomic mass is 16.5. The molecule has 3 heterocycles. The van der Waals surface area contributed by atoms with Gasteiger partial charge in [-0.05, 0) is 38.1 Å². The fraction of sp³-hybridized carbons (Fsp3) is 0.300. The summed E-state index contributed by atoms with van der Waals surface area (Å²) in [5, 5.41) is 4.59. The third kappa shape index (κ3) is 3.28. The molecule has 0 bridgehead atoms. The summed E-state index contributed by atoms with van der Waals surface area (Å²) in [5.74, 6) is 1.44. The van der Waals surface area contributed by atoms with Crippen LogP contribution in [0, 0.1) is 13.8 Å². The van der Waals surface area contributed by atoms with Gasteiger partial charge >= 0.3 is 0 Å². The van der Waals surface area contributed by atoms with E-state index in [0.717, 1.165) is 22.7 Å². The smallest absolute Gasteiger partial charge is 0.267 e. The Morgan fingerprint density at radius 1 is 1.04 bits per heavy atom. The number of aryl methyl sites for hydroxylation is 2. The van der Waals surface area contributed by atoms with Crippen molar-refractivity contribution in [2.45, 2.75) is 19.9 Å². The van der Waals surface area contributed by atoms with Gasteiger partial charge in [-0.15, -0.1) is 0 Å². The zero-order valence-electron chi connectivity index (χ0n) is 15.6. The van der Waals surface area contributed by atoms with Crippen LogP contribution in [0.25, 0.3) is 11.3 Å². The molecule has 0 amide bonds. The summed E-state index contributed by atoms with van der Waals surface area (Å²) in [4.78, 5) is 23.4. The zero-order chi connectivity index (χ0) is 19.0. The minimum Gasteiger partial charge on any atom is -0.496 e. The molecule has 27 heavy (non-hydrogen) atoms. The summed E-state index contributed by atoms with van der Waals surface area (Å²) in [5.41, 5.74) is 3.35. The van der Waals surface area contributed by atoms with E-state index in [9.17, 15) is 4.79 Å². The highest BCUT2D eigenvalue weighted by molar-refractivity contribution is 5.66. The summed E-state index contributed by atoms with van der Waals surface area (Å²) >= 11 is 0. The number of hydrogen-bond acceptors (Lipinski definition) is 6. The SMILES string of the molecule is COc1ccccc1-c1ccc(=O)n(C2CN(c3nc(C)cc(C)n3)C2)n1. The Morgan fingerprint density at radius 2 is 1.74 bits per heavy atom. The molecule has 0 radical (unpaired) electrons. The molecular weight excluding hydrogens is 342 g/mol. The van der Waals surface area contributed by atoms with Gasteiger partial charge in [0.05, 0.1) is 18.8 Å². The molecule has 1 aliphatic heterocycles. The summed E-state index contributed by atoms with van der Waals surface area (Å²) in [6, 6.07) is 12.9. The van der Waals surface area contributed by atoms with Crippen molar-refractivity contribution < 1.29 is 4.74 Å². The van der Waals surface area contributed by atoms with Crippen LogP contribution in [0.5, 0.6) is 5.75 Å². The van der Waals surface area contributed by atoms with E-state index in [4.69, 9.17) is 4.74 Å². The van der Waals surface area contributed by atoms with Crippen LogP contribution in [0.4, 0.5) is 5.95 Å². The van der Waals surface area contributed by atoms with Crippen LogP contribution in [0.1, 0.15) is 17.4 Å². The number of benzene rings is 1. The Labute approximate surface area is 157 Å². The molecule has 2 aromatic heterocycles. The monoisotopic (exact) mass is 363 g/mol. The van der Waals surface area contributed by atoms with Crippen molar-refractivity contribution in [1.82, 2.24) is 19.7 Å². The molecule has 0 saturated carbocycles. The number of aromatic nitrogens is 4. The molecule has 0 aliphatic carbocycles. The van der Waals surface area contributed by atoms with Gasteiger partial charge in [-0.2, -0.15) is 5.10 Å². The number of rotatable bonds is 4. The molecule has 3 aromatic rings. The predicted molar refractivity (Wildman–Crippen MR) is 103 cm³/mol. The van der Waals surface area contributed by atoms with Gasteiger partial charge < -0.3 is 9.64 Å². The highest BCUT2D eigenvalue weighted by Crippen LogP contribution is 2.29. The quantitative estimate of drug-likeness (QED) is 0.709. The van der Waals surface area contributed by atoms with Crippen molar-refractivity contribution >= 4 is 5.95 Å². The van der Waals surface area contributed by atoms with Gasteiger partial charge in [-0.1, -0.05) is 12.1 Å². The van der Waals surface area contributed by atoms with Crippen molar-refractivity contribution in [3.05, 3.63) is 64.2 Å². The highest BCUT2D eigenvalue weighted by Gasteiger charge is 2.32. The maximum Gasteiger partial charge on any atom is 0.267 e. The van der Waals surface area contributed by atoms with Crippen LogP contribution in [0.15, 0.2) is 47.3 Å². The minimum absolute atomic E-state index is 0.00317. The molecular formula is C20H21N5O2. The molecule has 138 valence electrons. The lowest BCUT2D eigenvalue weighted by molar-refractivity contribution is 0.350. The summed E-state index contributed by atoms with van der Waals surface area (Å²) in [7, 11) is 1.63. The molecule has 0 unspecified atom stereocenters. The Balaban J connectivity index is 1.59. The van der Waals surface area contributed by atoms with Gasteiger partial charge in [-0.3, -0.25) is 4.79 Å². The number of anilines is 1. The third-order valence-electron chi connectivity index (χ3n) is 4.67. The van der Waals surface area contributed by atoms with Gasteiger partial charge in [0.25, 0.3) is 5.56 Å². The average Bonchev–Trinajstić information content (AvgIpc) is 2.61. The van der Waals surface area contributed by atoms with Gasteiger partial charge in [0, 0.05) is 36.1 Å². The van der Waals surface area contributed by atoms with Gasteiger partial charge in [0.1, 0.15) is 5.75 Å². The first-order valence-corrected chi connectivity index (χ1v) is 8.85. The first-order chi connectivity index (χ1) is 13.0. The van der Waals surface area contributed by atoms with Crippen molar-refractivity contribution in [3.63, 3.8) is 0 Å². The molecule has 1 saturated heterocycles. The molecule has 1 aliphatic rings. The lowest BCUT2D eigenvalue weighted by atomic mass is 10.1. The normalized spacial score (nSPS) is 14.1. The van der Waals surface area contributed by atoms with Crippen LogP contribution in [0.3, 0.4) is 0 Å². The van der Waals surface area contributed by atoms with E-state index in [2.05, 4.69) is 20.0 Å². The van der Waals surface area contributed by atoms with Crippen LogP contribution < -0.4 is 15.2 Å². The molecule has 0 N–H and O–H groups in total. The molecule has 7 nitrogen and oxygen atoms in total. The second kappa shape index (κ2) is 6.83. The van der Waals surface area contributed by atoms with Crippen molar-refractivity contribution in [1.29, 1.82) is 0 Å². The van der Waals surface area contributed by atoms with Crippen LogP contribution in [-0.4, -0.2) is 39.9 Å². The first-order valence-electron chi connectivity index (χ1n) is 8.85. The Hall–Kier alpha value is -3.22. The van der Waals surface area contributed by atoms with Crippen LogP contribution >= 0.6 is 0 Å². The van der Waals surface area contributed by atoms with Crippen molar-refractivity contribution in [3.8, 4) is 17.0 Å². The van der Waals surface area contributed by atoms with Crippen LogP contribution in [-0.2, 0) is 0 Å². The van der Waals surface area contributed by atoms with Gasteiger partial charge in [-0.25, -0.2) is 14.6 Å². The second-order valence-corrected chi connectivity index (χ2v) is 6.71. The van der Waals surface area contributed by atoms with E-state index >= 15 is 0 Å². The summed E-state index contributed by atoms with van der Waals surface area (Å²) < 4.78 is 6.97. The largest absolute Gasteiger partial charge is 0.496 e. The summed E-state index contributed by atoms with van der Waals surface area (Å²) in [6.07, 6.45) is 0. The second-order valence-electron chi connectivity index (χ2n) is 6.71. The molecule has 7 heteroatoms. The standard InChI is InChI=1S/C20H21N5O2/c1-13-10-14(2)22-20(21-13)24-11-15(12-24)25-19(26)9-8-17(23-25)16-6-4-5-7-18(16)27-3/h4-10,15H,11-12H2,1-3H3. The topological polar surface area (TPSA) is 73.1 Å². The molecule has 0 atom stereocenters. The minimum atomic E-state index is -0.111. The number of hydrogen-bond donors (Lipinski definition) is 0. The zero-order valence-corrected chi connectivity index (χ0v) is 15.6. The third-order valence-corrected chi connectivity index (χ3v) is 4.67. The predicted octanol–water partition coefficient (Wildman–Crippen LogP) is 2.39. The number of methoxy groups -OCH3 is 1. The van der Waals surface area contributed by atoms with E-state index in [1.807, 2.05) is 44.2 Å². The Morgan fingerprint density at radius 3 is 2.44 bits per heavy atom. The lowest BCUT2D eigenvalue weighted by Gasteiger charge is -2.39.